The molecule has 3 aromatic rings. The Morgan fingerprint density at radius 1 is 1.06 bits per heavy atom. The van der Waals surface area contributed by atoms with Gasteiger partial charge in [-0.3, -0.25) is 19.6 Å². The first-order chi connectivity index (χ1) is 16.5. The highest BCUT2D eigenvalue weighted by atomic mass is 32.2. The molecule has 2 aromatic carbocycles. The van der Waals surface area contributed by atoms with Crippen LogP contribution >= 0.6 is 11.8 Å². The highest BCUT2D eigenvalue weighted by molar-refractivity contribution is 7.99. The van der Waals surface area contributed by atoms with E-state index in [-0.39, 0.29) is 5.75 Å². The van der Waals surface area contributed by atoms with Crippen molar-refractivity contribution >= 4 is 29.6 Å². The third-order valence-electron chi connectivity index (χ3n) is 6.23. The largest absolute Gasteiger partial charge is 0.344 e. The van der Waals surface area contributed by atoms with E-state index < -0.39 is 23.4 Å². The highest BCUT2D eigenvalue weighted by Crippen LogP contribution is 2.31. The van der Waals surface area contributed by atoms with Crippen LogP contribution in [0.1, 0.15) is 36.7 Å². The molecule has 1 saturated heterocycles. The lowest BCUT2D eigenvalue weighted by Gasteiger charge is -2.22. The number of rotatable bonds is 6. The Morgan fingerprint density at radius 3 is 2.47 bits per heavy atom. The third-order valence-corrected chi connectivity index (χ3v) is 7.17. The molecule has 5 rings (SSSR count). The van der Waals surface area contributed by atoms with Crippen molar-refractivity contribution in [3.05, 3.63) is 77.6 Å². The van der Waals surface area contributed by atoms with E-state index in [2.05, 4.69) is 15.3 Å². The Kier molecular flexibility index (Phi) is 5.87. The van der Waals surface area contributed by atoms with Crippen molar-refractivity contribution in [1.82, 2.24) is 25.3 Å². The fourth-order valence-corrected chi connectivity index (χ4v) is 5.29. The van der Waals surface area contributed by atoms with Crippen LogP contribution in [0.4, 0.5) is 4.79 Å². The van der Waals surface area contributed by atoms with E-state index in [9.17, 15) is 14.4 Å². The first-order valence-corrected chi connectivity index (χ1v) is 12.3. The van der Waals surface area contributed by atoms with E-state index in [1.807, 2.05) is 36.4 Å². The molecule has 4 amide bonds. The van der Waals surface area contributed by atoms with E-state index in [1.165, 1.54) is 17.5 Å². The maximum atomic E-state index is 13.0. The number of urea groups is 1. The fraction of sp³-hybridized carbons (Fsp3) is 0.280. The molecule has 174 valence electrons. The summed E-state index contributed by atoms with van der Waals surface area (Å²) in [4.78, 5) is 43.1. The quantitative estimate of drug-likeness (QED) is 0.421. The zero-order chi connectivity index (χ0) is 23.7. The third kappa shape index (κ3) is 3.96. The number of carbonyl (C=O) groups excluding carboxylic acids is 3. The lowest BCUT2D eigenvalue weighted by atomic mass is 9.92. The summed E-state index contributed by atoms with van der Waals surface area (Å²) in [5.41, 5.74) is 5.15. The first kappa shape index (κ1) is 22.2. The van der Waals surface area contributed by atoms with Gasteiger partial charge in [0.15, 0.2) is 5.16 Å². The maximum absolute atomic E-state index is 13.0. The summed E-state index contributed by atoms with van der Waals surface area (Å²) in [5, 5.41) is 4.19. The number of nitrogens with one attached hydrogen (secondary N) is 2. The van der Waals surface area contributed by atoms with Gasteiger partial charge in [-0.05, 0) is 50.3 Å². The number of aryl methyl sites for hydroxylation is 1. The molecule has 0 unspecified atom stereocenters. The van der Waals surface area contributed by atoms with Crippen molar-refractivity contribution < 1.29 is 14.4 Å². The summed E-state index contributed by atoms with van der Waals surface area (Å²) in [6.07, 6.45) is 4.10. The minimum atomic E-state index is -1.23. The predicted molar refractivity (Wildman–Crippen MR) is 128 cm³/mol. The van der Waals surface area contributed by atoms with Gasteiger partial charge in [0, 0.05) is 11.4 Å². The minimum absolute atomic E-state index is 0.0157. The van der Waals surface area contributed by atoms with E-state index in [0.717, 1.165) is 47.2 Å². The van der Waals surface area contributed by atoms with Crippen molar-refractivity contribution in [3.8, 4) is 5.69 Å². The summed E-state index contributed by atoms with van der Waals surface area (Å²) >= 11 is 1.30. The molecule has 1 aromatic heterocycles. The maximum Gasteiger partial charge on any atom is 0.344 e. The van der Waals surface area contributed by atoms with Gasteiger partial charge in [0.25, 0.3) is 5.91 Å². The average molecular weight is 476 g/mol. The number of hydrogen-bond acceptors (Lipinski definition) is 5. The first-order valence-electron chi connectivity index (χ1n) is 11.3. The summed E-state index contributed by atoms with van der Waals surface area (Å²) in [5.74, 6) is -0.961. The van der Waals surface area contributed by atoms with E-state index in [1.54, 1.807) is 31.2 Å². The average Bonchev–Trinajstić information content (AvgIpc) is 3.34. The lowest BCUT2D eigenvalue weighted by molar-refractivity contribution is -0.138. The normalized spacial score (nSPS) is 19.6. The van der Waals surface area contributed by atoms with Crippen LogP contribution in [0.25, 0.3) is 5.69 Å². The van der Waals surface area contributed by atoms with E-state index >= 15 is 0 Å². The van der Waals surface area contributed by atoms with Gasteiger partial charge >= 0.3 is 6.03 Å². The van der Waals surface area contributed by atoms with Crippen LogP contribution in [0.2, 0.25) is 0 Å². The van der Waals surface area contributed by atoms with Gasteiger partial charge in [0.1, 0.15) is 5.54 Å². The molecule has 9 heteroatoms. The summed E-state index contributed by atoms with van der Waals surface area (Å²) < 4.78 is 2.12. The predicted octanol–water partition coefficient (Wildman–Crippen LogP) is 3.34. The molecule has 2 heterocycles. The molecule has 8 nitrogen and oxygen atoms in total. The van der Waals surface area contributed by atoms with E-state index in [4.69, 9.17) is 4.98 Å². The molecule has 34 heavy (non-hydrogen) atoms. The number of thioether (sulfide) groups is 1. The molecular formula is C25H25N5O3S. The Bertz CT molecular complexity index is 1240. The van der Waals surface area contributed by atoms with Crippen molar-refractivity contribution in [1.29, 1.82) is 0 Å². The Labute approximate surface area is 201 Å². The van der Waals surface area contributed by atoms with Gasteiger partial charge in [-0.2, -0.15) is 5.01 Å². The molecule has 1 atom stereocenters. The van der Waals surface area contributed by atoms with Gasteiger partial charge in [-0.25, -0.2) is 9.78 Å². The zero-order valence-electron chi connectivity index (χ0n) is 18.8. The number of hydrogen-bond donors (Lipinski definition) is 2. The topological polar surface area (TPSA) is 96.3 Å². The molecular weight excluding hydrogens is 450 g/mol. The molecule has 1 fully saturated rings. The summed E-state index contributed by atoms with van der Waals surface area (Å²) in [6.45, 7) is 1.63. The van der Waals surface area contributed by atoms with Gasteiger partial charge in [-0.15, -0.1) is 0 Å². The molecule has 0 saturated carbocycles. The van der Waals surface area contributed by atoms with Crippen LogP contribution < -0.4 is 10.7 Å². The number of amides is 4. The van der Waals surface area contributed by atoms with Gasteiger partial charge < -0.3 is 5.32 Å². The van der Waals surface area contributed by atoms with Crippen molar-refractivity contribution in [3.63, 3.8) is 0 Å². The van der Waals surface area contributed by atoms with Crippen LogP contribution in [0, 0.1) is 0 Å². The zero-order valence-corrected chi connectivity index (χ0v) is 19.6. The second-order valence-corrected chi connectivity index (χ2v) is 9.49. The van der Waals surface area contributed by atoms with Crippen LogP contribution in [0.3, 0.4) is 0 Å². The summed E-state index contributed by atoms with van der Waals surface area (Å²) in [7, 11) is 0. The van der Waals surface area contributed by atoms with Crippen LogP contribution in [0.5, 0.6) is 0 Å². The number of nitrogens with zero attached hydrogens (tertiary/aromatic N) is 3. The van der Waals surface area contributed by atoms with Crippen LogP contribution in [-0.4, -0.2) is 38.2 Å². The molecule has 2 aliphatic rings. The standard InChI is InChI=1S/C25H25N5O3S/c1-25(17-10-4-2-5-11-17)22(32)30(23(33)27-25)28-21(31)16-34-24-26-19-14-8-9-15-20(19)29(24)18-12-6-3-7-13-18/h2-7,10-13H,8-9,14-16H2,1H3,(H,27,33)(H,28,31)/t25-/m0/s1. The van der Waals surface area contributed by atoms with Gasteiger partial charge in [0.2, 0.25) is 5.91 Å². The van der Waals surface area contributed by atoms with Crippen LogP contribution in [-0.2, 0) is 28.0 Å². The minimum Gasteiger partial charge on any atom is -0.318 e. The van der Waals surface area contributed by atoms with Crippen molar-refractivity contribution in [2.45, 2.75) is 43.3 Å². The molecule has 0 bridgehead atoms. The molecule has 0 radical (unpaired) electrons. The van der Waals surface area contributed by atoms with Gasteiger partial charge in [-0.1, -0.05) is 60.3 Å². The number of fused-ring (bicyclic) bond motifs is 1. The lowest BCUT2D eigenvalue weighted by Crippen LogP contribution is -2.48. The number of imidazole rings is 1. The second-order valence-electron chi connectivity index (χ2n) is 8.55. The molecule has 0 spiro atoms. The number of para-hydroxylation sites is 1. The van der Waals surface area contributed by atoms with Crippen molar-refractivity contribution in [2.75, 3.05) is 5.75 Å². The Hall–Kier alpha value is -3.59. The Morgan fingerprint density at radius 2 is 1.74 bits per heavy atom. The summed E-state index contributed by atoms with van der Waals surface area (Å²) in [6, 6.07) is 18.3. The number of aromatic nitrogens is 2. The monoisotopic (exact) mass is 475 g/mol. The molecule has 2 N–H and O–H groups in total. The fourth-order valence-electron chi connectivity index (χ4n) is 4.45. The number of imide groups is 1. The van der Waals surface area contributed by atoms with E-state index in [0.29, 0.717) is 5.56 Å². The number of hydrazine groups is 1. The highest BCUT2D eigenvalue weighted by Gasteiger charge is 2.49. The number of benzene rings is 2. The van der Waals surface area contributed by atoms with Crippen LogP contribution in [0.15, 0.2) is 65.8 Å². The van der Waals surface area contributed by atoms with Gasteiger partial charge in [0.05, 0.1) is 11.4 Å². The Balaban J connectivity index is 1.31. The smallest absolute Gasteiger partial charge is 0.318 e. The second kappa shape index (κ2) is 8.98. The van der Waals surface area contributed by atoms with Crippen molar-refractivity contribution in [2.24, 2.45) is 0 Å². The molecule has 1 aliphatic heterocycles. The number of carbonyl (C=O) groups is 3. The SMILES string of the molecule is C[C@@]1(c2ccccc2)NC(=O)N(NC(=O)CSc2nc3c(n2-c2ccccc2)CCCC3)C1=O. The molecule has 1 aliphatic carbocycles.